The number of amides is 1. The van der Waals surface area contributed by atoms with Gasteiger partial charge in [0.2, 0.25) is 5.91 Å². The van der Waals surface area contributed by atoms with Crippen LogP contribution in [0.3, 0.4) is 0 Å². The lowest BCUT2D eigenvalue weighted by Crippen LogP contribution is -2.50. The van der Waals surface area contributed by atoms with Gasteiger partial charge in [-0.3, -0.25) is 4.79 Å². The molecule has 0 aliphatic carbocycles. The van der Waals surface area contributed by atoms with Crippen molar-refractivity contribution in [2.75, 3.05) is 39.8 Å². The summed E-state index contributed by atoms with van der Waals surface area (Å²) in [6.07, 6.45) is 43.3. The van der Waals surface area contributed by atoms with E-state index in [9.17, 15) is 9.90 Å². The zero-order valence-electron chi connectivity index (χ0n) is 31.5. The molecule has 0 aromatic heterocycles. The number of hydrogen-bond acceptors (Lipinski definition) is 2. The minimum Gasteiger partial charge on any atom is -0.391 e. The lowest BCUT2D eigenvalue weighted by molar-refractivity contribution is -0.908. The first-order valence-corrected chi connectivity index (χ1v) is 20.8. The fourth-order valence-corrected chi connectivity index (χ4v) is 6.83. The van der Waals surface area contributed by atoms with Crippen LogP contribution < -0.4 is 5.32 Å². The maximum atomic E-state index is 12.4. The molecule has 0 fully saturated rings. The lowest BCUT2D eigenvalue weighted by atomic mass is 10.0. The van der Waals surface area contributed by atoms with Crippen molar-refractivity contribution in [3.63, 3.8) is 0 Å². The number of carbonyl (C=O) groups excluding carboxylic acids is 1. The number of likely N-dealkylation sites (N-methyl/N-ethyl adjacent to an activating group) is 1. The average Bonchev–Trinajstić information content (AvgIpc) is 3.03. The lowest BCUT2D eigenvalue weighted by Gasteiger charge is -2.34. The molecule has 0 aromatic carbocycles. The first-order valence-electron chi connectivity index (χ1n) is 20.8. The molecule has 4 nitrogen and oxygen atoms in total. The summed E-state index contributed by atoms with van der Waals surface area (Å²) in [5.74, 6) is 0.211. The quantitative estimate of drug-likeness (QED) is 0.0523. The number of carbonyl (C=O) groups is 1. The molecule has 0 saturated carbocycles. The third kappa shape index (κ3) is 34.5. The number of aliphatic hydroxyl groups is 1. The second-order valence-electron chi connectivity index (χ2n) is 14.9. The Balaban J connectivity index is 3.59. The van der Waals surface area contributed by atoms with Crippen LogP contribution in [0.5, 0.6) is 0 Å². The number of nitrogens with zero attached hydrogens (tertiary/aromatic N) is 1. The normalized spacial score (nSPS) is 12.9. The van der Waals surface area contributed by atoms with Gasteiger partial charge in [-0.1, -0.05) is 194 Å². The number of quaternary nitrogens is 1. The van der Waals surface area contributed by atoms with Crippen LogP contribution in [0.2, 0.25) is 0 Å². The van der Waals surface area contributed by atoms with E-state index in [1.54, 1.807) is 0 Å². The van der Waals surface area contributed by atoms with Crippen LogP contribution in [0.15, 0.2) is 0 Å². The van der Waals surface area contributed by atoms with Crippen molar-refractivity contribution >= 4 is 5.91 Å². The highest BCUT2D eigenvalue weighted by atomic mass is 16.3. The smallest absolute Gasteiger partial charge is 0.220 e. The van der Waals surface area contributed by atoms with Gasteiger partial charge in [0.15, 0.2) is 0 Å². The Bertz CT molecular complexity index is 584. The molecule has 0 rings (SSSR count). The van der Waals surface area contributed by atoms with Gasteiger partial charge in [-0.15, -0.1) is 0 Å². The van der Waals surface area contributed by atoms with E-state index in [1.165, 1.54) is 193 Å². The van der Waals surface area contributed by atoms with Crippen molar-refractivity contribution in [2.45, 2.75) is 219 Å². The molecule has 0 heterocycles. The molecule has 0 radical (unpaired) electrons. The molecule has 45 heavy (non-hydrogen) atoms. The second-order valence-corrected chi connectivity index (χ2v) is 14.9. The van der Waals surface area contributed by atoms with Gasteiger partial charge in [-0.05, 0) is 19.3 Å². The highest BCUT2D eigenvalue weighted by Crippen LogP contribution is 2.16. The topological polar surface area (TPSA) is 49.3 Å². The van der Waals surface area contributed by atoms with Gasteiger partial charge in [0.05, 0.1) is 33.3 Å². The fourth-order valence-electron chi connectivity index (χ4n) is 6.83. The number of hydrogen-bond donors (Lipinski definition) is 2. The minimum atomic E-state index is 0.211. The molecule has 4 heteroatoms. The highest BCUT2D eigenvalue weighted by Gasteiger charge is 2.20. The van der Waals surface area contributed by atoms with Gasteiger partial charge >= 0.3 is 0 Å². The maximum Gasteiger partial charge on any atom is 0.220 e. The molecular formula is C41H85N2O2+. The molecule has 0 aliphatic heterocycles. The molecular weight excluding hydrogens is 552 g/mol. The van der Waals surface area contributed by atoms with E-state index in [1.807, 2.05) is 0 Å². The molecule has 1 unspecified atom stereocenters. The van der Waals surface area contributed by atoms with E-state index in [0.717, 1.165) is 37.1 Å². The number of aliphatic hydroxyl groups excluding tert-OH is 1. The summed E-state index contributed by atoms with van der Waals surface area (Å²) < 4.78 is 0.869. The summed E-state index contributed by atoms with van der Waals surface area (Å²) >= 11 is 0. The standard InChI is InChI=1S/C41H84N2O2/c1-4-6-8-10-12-14-16-18-20-22-24-26-28-30-32-34-37-43(3,39-40-44)38-36-42-41(45)35-33-31-29-27-25-23-21-19-17-15-13-11-9-7-5-2/h44H,4-40H2,1-3H3/p+1. The summed E-state index contributed by atoms with van der Waals surface area (Å²) in [5, 5.41) is 12.8. The summed E-state index contributed by atoms with van der Waals surface area (Å²) in [5.41, 5.74) is 0. The molecule has 0 aromatic rings. The maximum absolute atomic E-state index is 12.4. The van der Waals surface area contributed by atoms with Gasteiger partial charge in [-0.25, -0.2) is 0 Å². The van der Waals surface area contributed by atoms with Crippen LogP contribution >= 0.6 is 0 Å². The largest absolute Gasteiger partial charge is 0.391 e. The van der Waals surface area contributed by atoms with Crippen LogP contribution in [-0.2, 0) is 4.79 Å². The Morgan fingerprint density at radius 2 is 0.756 bits per heavy atom. The van der Waals surface area contributed by atoms with Crippen molar-refractivity contribution < 1.29 is 14.4 Å². The predicted octanol–water partition coefficient (Wildman–Crippen LogP) is 12.1. The van der Waals surface area contributed by atoms with Crippen LogP contribution in [0.1, 0.15) is 219 Å². The van der Waals surface area contributed by atoms with E-state index in [4.69, 9.17) is 0 Å². The first kappa shape index (κ1) is 44.4. The van der Waals surface area contributed by atoms with E-state index in [2.05, 4.69) is 26.2 Å². The van der Waals surface area contributed by atoms with Gasteiger partial charge in [-0.2, -0.15) is 0 Å². The molecule has 0 bridgehead atoms. The second kappa shape index (κ2) is 36.2. The third-order valence-corrected chi connectivity index (χ3v) is 10.2. The Kier molecular flexibility index (Phi) is 35.7. The number of unbranched alkanes of at least 4 members (excludes halogenated alkanes) is 29. The van der Waals surface area contributed by atoms with Gasteiger partial charge < -0.3 is 14.9 Å². The van der Waals surface area contributed by atoms with Gasteiger partial charge in [0.1, 0.15) is 6.54 Å². The summed E-state index contributed by atoms with van der Waals surface area (Å²) in [4.78, 5) is 12.4. The highest BCUT2D eigenvalue weighted by molar-refractivity contribution is 5.75. The fraction of sp³-hybridized carbons (Fsp3) is 0.976. The van der Waals surface area contributed by atoms with Crippen molar-refractivity contribution in [3.8, 4) is 0 Å². The monoisotopic (exact) mass is 638 g/mol. The first-order chi connectivity index (χ1) is 22.1. The van der Waals surface area contributed by atoms with E-state index in [0.29, 0.717) is 6.42 Å². The van der Waals surface area contributed by atoms with Crippen molar-refractivity contribution in [3.05, 3.63) is 0 Å². The summed E-state index contributed by atoms with van der Waals surface area (Å²) in [6, 6.07) is 0. The zero-order chi connectivity index (χ0) is 32.9. The average molecular weight is 638 g/mol. The Morgan fingerprint density at radius 1 is 0.444 bits per heavy atom. The molecule has 2 N–H and O–H groups in total. The third-order valence-electron chi connectivity index (χ3n) is 10.2. The minimum absolute atomic E-state index is 0.211. The van der Waals surface area contributed by atoms with Crippen molar-refractivity contribution in [2.24, 2.45) is 0 Å². The van der Waals surface area contributed by atoms with Crippen LogP contribution in [0.4, 0.5) is 0 Å². The Labute approximate surface area is 284 Å². The predicted molar refractivity (Wildman–Crippen MR) is 200 cm³/mol. The van der Waals surface area contributed by atoms with Gasteiger partial charge in [0, 0.05) is 6.42 Å². The molecule has 0 saturated heterocycles. The zero-order valence-corrected chi connectivity index (χ0v) is 31.5. The number of rotatable bonds is 38. The molecule has 270 valence electrons. The van der Waals surface area contributed by atoms with Crippen LogP contribution in [0.25, 0.3) is 0 Å². The molecule has 0 aliphatic rings. The molecule has 0 spiro atoms. The van der Waals surface area contributed by atoms with Crippen LogP contribution in [0, 0.1) is 0 Å². The van der Waals surface area contributed by atoms with Crippen LogP contribution in [-0.4, -0.2) is 55.3 Å². The Hall–Kier alpha value is -0.610. The van der Waals surface area contributed by atoms with E-state index in [-0.39, 0.29) is 12.5 Å². The van der Waals surface area contributed by atoms with Gasteiger partial charge in [0.25, 0.3) is 0 Å². The van der Waals surface area contributed by atoms with E-state index < -0.39 is 0 Å². The summed E-state index contributed by atoms with van der Waals surface area (Å²) in [6.45, 7) is 8.35. The molecule has 1 atom stereocenters. The molecule has 1 amide bonds. The Morgan fingerprint density at radius 3 is 1.09 bits per heavy atom. The summed E-state index contributed by atoms with van der Waals surface area (Å²) in [7, 11) is 2.25. The number of nitrogens with one attached hydrogen (secondary N) is 1. The SMILES string of the molecule is CCCCCCCCCCCCCCCCCC[N+](C)(CCO)CCNC(=O)CCCCCCCCCCCCCCCCC. The van der Waals surface area contributed by atoms with Crippen molar-refractivity contribution in [1.82, 2.24) is 5.32 Å². The van der Waals surface area contributed by atoms with E-state index >= 15 is 0 Å². The van der Waals surface area contributed by atoms with Crippen molar-refractivity contribution in [1.29, 1.82) is 0 Å².